The summed E-state index contributed by atoms with van der Waals surface area (Å²) >= 11 is 15.4. The maximum atomic E-state index is 12.8. The molecule has 2 aromatic heterocycles. The Balaban J connectivity index is 1.36. The van der Waals surface area contributed by atoms with E-state index in [0.29, 0.717) is 11.1 Å². The molecule has 6 rings (SSSR count). The first-order valence-electron chi connectivity index (χ1n) is 9.80. The molecular formula is C26H12Cl2O2S2. The van der Waals surface area contributed by atoms with Crippen LogP contribution in [0.4, 0.5) is 0 Å². The van der Waals surface area contributed by atoms with Crippen LogP contribution in [-0.4, -0.2) is 11.6 Å². The molecule has 2 nitrogen and oxygen atoms in total. The third kappa shape index (κ3) is 3.14. The number of ketones is 2. The normalized spacial score (nSPS) is 13.4. The Bertz CT molecular complexity index is 1560. The minimum Gasteiger partial charge on any atom is -0.288 e. The fourth-order valence-corrected chi connectivity index (χ4v) is 6.67. The fraction of sp³-hybridized carbons (Fsp3) is 0. The van der Waals surface area contributed by atoms with Gasteiger partial charge in [-0.3, -0.25) is 9.59 Å². The predicted molar refractivity (Wildman–Crippen MR) is 136 cm³/mol. The Morgan fingerprint density at radius 2 is 1.34 bits per heavy atom. The summed E-state index contributed by atoms with van der Waals surface area (Å²) in [7, 11) is 0. The van der Waals surface area contributed by atoms with Gasteiger partial charge >= 0.3 is 0 Å². The van der Waals surface area contributed by atoms with Crippen molar-refractivity contribution in [1.29, 1.82) is 0 Å². The topological polar surface area (TPSA) is 34.1 Å². The van der Waals surface area contributed by atoms with Gasteiger partial charge in [0, 0.05) is 30.3 Å². The van der Waals surface area contributed by atoms with Gasteiger partial charge in [0.1, 0.15) is 0 Å². The van der Waals surface area contributed by atoms with Crippen LogP contribution in [0.25, 0.3) is 36.7 Å². The minimum atomic E-state index is -0.308. The molecule has 0 atom stereocenters. The van der Waals surface area contributed by atoms with Crippen LogP contribution in [-0.2, 0) is 0 Å². The minimum absolute atomic E-state index is 0.155. The molecule has 0 N–H and O–H groups in total. The van der Waals surface area contributed by atoms with Crippen molar-refractivity contribution in [3.63, 3.8) is 0 Å². The number of benzene rings is 3. The predicted octanol–water partition coefficient (Wildman–Crippen LogP) is 8.55. The van der Waals surface area contributed by atoms with E-state index in [1.54, 1.807) is 28.7 Å². The van der Waals surface area contributed by atoms with Gasteiger partial charge in [-0.15, -0.1) is 22.7 Å². The van der Waals surface area contributed by atoms with E-state index in [9.17, 15) is 9.59 Å². The zero-order valence-corrected chi connectivity index (χ0v) is 19.5. The Morgan fingerprint density at radius 1 is 0.688 bits per heavy atom. The van der Waals surface area contributed by atoms with E-state index in [1.807, 2.05) is 18.2 Å². The molecule has 0 unspecified atom stereocenters. The maximum Gasteiger partial charge on any atom is 0.197 e. The average molecular weight is 491 g/mol. The van der Waals surface area contributed by atoms with Gasteiger partial charge in [-0.2, -0.15) is 0 Å². The number of rotatable bonds is 2. The monoisotopic (exact) mass is 490 g/mol. The van der Waals surface area contributed by atoms with E-state index in [-0.39, 0.29) is 27.2 Å². The van der Waals surface area contributed by atoms with Gasteiger partial charge in [0.2, 0.25) is 0 Å². The number of carbonyl (C=O) groups excluding carboxylic acids is 2. The number of thiophene rings is 2. The Labute approximate surface area is 201 Å². The first-order chi connectivity index (χ1) is 15.5. The van der Waals surface area contributed by atoms with Gasteiger partial charge < -0.3 is 0 Å². The smallest absolute Gasteiger partial charge is 0.197 e. The molecule has 0 saturated carbocycles. The standard InChI is InChI=1S/C26H12Cl2O2S2/c27-20-10-17-18(11-21(20)28)26(30)19(25(17)29)8-16-9-23-24(31-16)12-22(32-23)15-6-5-13-3-1-2-4-14(13)7-15/h1-12H. The number of hydrogen-bond donors (Lipinski definition) is 0. The highest BCUT2D eigenvalue weighted by atomic mass is 35.5. The highest BCUT2D eigenvalue weighted by molar-refractivity contribution is 7.29. The third-order valence-corrected chi connectivity index (χ3v) is 8.60. The van der Waals surface area contributed by atoms with Gasteiger partial charge in [-0.1, -0.05) is 59.6 Å². The van der Waals surface area contributed by atoms with Crippen LogP contribution in [0.15, 0.2) is 72.3 Å². The summed E-state index contributed by atoms with van der Waals surface area (Å²) in [6.07, 6.45) is 1.68. The molecule has 0 spiro atoms. The van der Waals surface area contributed by atoms with E-state index in [4.69, 9.17) is 23.2 Å². The van der Waals surface area contributed by atoms with Crippen molar-refractivity contribution < 1.29 is 9.59 Å². The molecule has 1 aliphatic carbocycles. The summed E-state index contributed by atoms with van der Waals surface area (Å²) < 4.78 is 2.26. The molecule has 154 valence electrons. The first-order valence-corrected chi connectivity index (χ1v) is 12.2. The molecule has 0 radical (unpaired) electrons. The number of fused-ring (bicyclic) bond motifs is 3. The van der Waals surface area contributed by atoms with Crippen molar-refractivity contribution in [2.75, 3.05) is 0 Å². The van der Waals surface area contributed by atoms with Crippen LogP contribution in [0.1, 0.15) is 25.6 Å². The third-order valence-electron chi connectivity index (χ3n) is 5.59. The van der Waals surface area contributed by atoms with Crippen molar-refractivity contribution in [2.45, 2.75) is 0 Å². The van der Waals surface area contributed by atoms with E-state index < -0.39 is 0 Å². The Hall–Kier alpha value is -2.76. The molecule has 0 aliphatic heterocycles. The maximum absolute atomic E-state index is 12.8. The summed E-state index contributed by atoms with van der Waals surface area (Å²) in [4.78, 5) is 27.7. The van der Waals surface area contributed by atoms with Gasteiger partial charge in [0.05, 0.1) is 15.6 Å². The lowest BCUT2D eigenvalue weighted by Gasteiger charge is -2.01. The number of hydrogen-bond acceptors (Lipinski definition) is 4. The van der Waals surface area contributed by atoms with Crippen molar-refractivity contribution in [1.82, 2.24) is 0 Å². The van der Waals surface area contributed by atoms with Crippen molar-refractivity contribution >= 4 is 83.7 Å². The van der Waals surface area contributed by atoms with Crippen molar-refractivity contribution in [3.8, 4) is 10.4 Å². The number of halogens is 2. The van der Waals surface area contributed by atoms with Gasteiger partial charge in [0.25, 0.3) is 0 Å². The number of allylic oxidation sites excluding steroid dienone is 1. The quantitative estimate of drug-likeness (QED) is 0.183. The molecule has 0 amide bonds. The number of Topliss-reactive ketones (excluding diaryl/α,β-unsaturated/α-hetero) is 2. The van der Waals surface area contributed by atoms with Gasteiger partial charge in [-0.25, -0.2) is 0 Å². The second-order valence-electron chi connectivity index (χ2n) is 7.58. The van der Waals surface area contributed by atoms with Crippen LogP contribution < -0.4 is 0 Å². The fourth-order valence-electron chi connectivity index (χ4n) is 4.00. The highest BCUT2D eigenvalue weighted by Crippen LogP contribution is 2.41. The van der Waals surface area contributed by atoms with E-state index in [1.165, 1.54) is 33.3 Å². The zero-order valence-electron chi connectivity index (χ0n) is 16.3. The second kappa shape index (κ2) is 7.39. The second-order valence-corrected chi connectivity index (χ2v) is 10.6. The largest absolute Gasteiger partial charge is 0.288 e. The molecule has 0 saturated heterocycles. The number of carbonyl (C=O) groups is 2. The van der Waals surface area contributed by atoms with Crippen LogP contribution in [0, 0.1) is 0 Å². The summed E-state index contributed by atoms with van der Waals surface area (Å²) in [6.45, 7) is 0. The Kier molecular flexibility index (Phi) is 4.60. The molecule has 0 fully saturated rings. The Morgan fingerprint density at radius 3 is 2.03 bits per heavy atom. The lowest BCUT2D eigenvalue weighted by molar-refractivity contribution is 0.0990. The molecule has 2 heterocycles. The van der Waals surface area contributed by atoms with Crippen molar-refractivity contribution in [2.24, 2.45) is 0 Å². The van der Waals surface area contributed by atoms with Gasteiger partial charge in [-0.05, 0) is 52.7 Å². The average Bonchev–Trinajstić information content (AvgIpc) is 3.42. The molecule has 3 aromatic carbocycles. The summed E-state index contributed by atoms with van der Waals surface area (Å²) in [5.74, 6) is -0.616. The SMILES string of the molecule is O=C1C(=Cc2cc3sc(-c4ccc5ccccc5c4)cc3s2)C(=O)c2cc(Cl)c(Cl)cc21. The van der Waals surface area contributed by atoms with Crippen LogP contribution in [0.3, 0.4) is 0 Å². The first kappa shape index (κ1) is 19.9. The van der Waals surface area contributed by atoms with Crippen LogP contribution in [0.2, 0.25) is 10.0 Å². The van der Waals surface area contributed by atoms with E-state index in [0.717, 1.165) is 14.3 Å². The highest BCUT2D eigenvalue weighted by Gasteiger charge is 2.34. The van der Waals surface area contributed by atoms with Crippen LogP contribution in [0.5, 0.6) is 0 Å². The van der Waals surface area contributed by atoms with E-state index in [2.05, 4.69) is 36.4 Å². The van der Waals surface area contributed by atoms with Crippen molar-refractivity contribution in [3.05, 3.63) is 98.4 Å². The summed E-state index contributed by atoms with van der Waals surface area (Å²) in [6, 6.07) is 22.0. The molecule has 5 aromatic rings. The molecular weight excluding hydrogens is 479 g/mol. The van der Waals surface area contributed by atoms with Gasteiger partial charge in [0.15, 0.2) is 11.6 Å². The summed E-state index contributed by atoms with van der Waals surface area (Å²) in [5.41, 5.74) is 1.96. The molecule has 32 heavy (non-hydrogen) atoms. The molecule has 6 heteroatoms. The lowest BCUT2D eigenvalue weighted by Crippen LogP contribution is -1.99. The van der Waals surface area contributed by atoms with E-state index >= 15 is 0 Å². The molecule has 0 bridgehead atoms. The summed E-state index contributed by atoms with van der Waals surface area (Å²) in [5, 5.41) is 2.97. The molecule has 1 aliphatic rings. The zero-order chi connectivity index (χ0) is 22.0. The lowest BCUT2D eigenvalue weighted by atomic mass is 10.1. The van der Waals surface area contributed by atoms with Crippen LogP contribution >= 0.6 is 45.9 Å².